The molecular weight excluding hydrogens is 408 g/mol. The van der Waals surface area contributed by atoms with Crippen LogP contribution in [0.4, 0.5) is 0 Å². The second-order valence-electron chi connectivity index (χ2n) is 9.06. The van der Waals surface area contributed by atoms with Crippen molar-refractivity contribution in [3.8, 4) is 28.4 Å². The number of esters is 1. The van der Waals surface area contributed by atoms with Gasteiger partial charge in [0.1, 0.15) is 12.7 Å². The van der Waals surface area contributed by atoms with Gasteiger partial charge in [-0.15, -0.1) is 0 Å². The number of hydrogen-bond donors (Lipinski definition) is 0. The summed E-state index contributed by atoms with van der Waals surface area (Å²) in [6.07, 6.45) is 4.17. The smallest absolute Gasteiger partial charge is 0.315 e. The van der Waals surface area contributed by atoms with E-state index in [1.54, 1.807) is 14.2 Å². The number of methoxy groups -OCH3 is 2. The predicted molar refractivity (Wildman–Crippen MR) is 121 cm³/mol. The van der Waals surface area contributed by atoms with Gasteiger partial charge in [-0.25, -0.2) is 0 Å². The number of hydrogen-bond acceptors (Lipinski definition) is 6. The number of Topliss-reactive ketones (excluding diaryl/α,β-unsaturated/α-hetero) is 1. The van der Waals surface area contributed by atoms with E-state index in [0.29, 0.717) is 30.1 Å². The molecule has 0 saturated heterocycles. The largest absolute Gasteiger partial charge is 0.493 e. The van der Waals surface area contributed by atoms with E-state index < -0.39 is 5.41 Å². The van der Waals surface area contributed by atoms with Gasteiger partial charge in [-0.3, -0.25) is 9.59 Å². The van der Waals surface area contributed by atoms with Crippen molar-refractivity contribution in [1.82, 2.24) is 0 Å². The molecule has 6 heteroatoms. The summed E-state index contributed by atoms with van der Waals surface area (Å²) in [4.78, 5) is 25.0. The van der Waals surface area contributed by atoms with Gasteiger partial charge >= 0.3 is 5.97 Å². The van der Waals surface area contributed by atoms with Crippen LogP contribution in [0, 0.1) is 5.41 Å². The first-order valence-corrected chi connectivity index (χ1v) is 11.1. The lowest BCUT2D eigenvalue weighted by molar-refractivity contribution is -0.165. The average Bonchev–Trinajstić information content (AvgIpc) is 3.14. The van der Waals surface area contributed by atoms with E-state index in [1.165, 1.54) is 0 Å². The Labute approximate surface area is 188 Å². The van der Waals surface area contributed by atoms with Crippen molar-refractivity contribution in [3.63, 3.8) is 0 Å². The summed E-state index contributed by atoms with van der Waals surface area (Å²) >= 11 is 0. The zero-order chi connectivity index (χ0) is 22.9. The highest BCUT2D eigenvalue weighted by atomic mass is 16.6. The van der Waals surface area contributed by atoms with Gasteiger partial charge in [-0.05, 0) is 62.8 Å². The van der Waals surface area contributed by atoms with Crippen molar-refractivity contribution in [2.45, 2.75) is 52.1 Å². The van der Waals surface area contributed by atoms with E-state index >= 15 is 0 Å². The number of carbonyl (C=O) groups excluding carboxylic acids is 2. The molecule has 1 saturated carbocycles. The minimum absolute atomic E-state index is 0.0214. The fourth-order valence-electron chi connectivity index (χ4n) is 4.11. The summed E-state index contributed by atoms with van der Waals surface area (Å²) in [5.74, 6) is 1.37. The van der Waals surface area contributed by atoms with Crippen LogP contribution in [0.3, 0.4) is 0 Å². The lowest BCUT2D eigenvalue weighted by Crippen LogP contribution is -2.37. The van der Waals surface area contributed by atoms with Crippen LogP contribution in [0.2, 0.25) is 0 Å². The molecule has 0 aromatic heterocycles. The summed E-state index contributed by atoms with van der Waals surface area (Å²) in [6.45, 7) is 3.75. The van der Waals surface area contributed by atoms with Gasteiger partial charge in [0.25, 0.3) is 0 Å². The molecule has 6 nitrogen and oxygen atoms in total. The number of fused-ring (bicyclic) bond motifs is 1. The summed E-state index contributed by atoms with van der Waals surface area (Å²) in [7, 11) is 3.13. The Hall–Kier alpha value is -3.02. The standard InChI is InChI=1S/C26H30O6/c1-26(2,25(28)32-16-7-5-8-16)15-31-23-20(12-14-22(29-3)24(23)30-4)17-9-6-10-19-18(17)11-13-21(19)27/h6,9-10,12,14,16H,5,7-8,11,13,15H2,1-4H3. The second-order valence-corrected chi connectivity index (χ2v) is 9.06. The molecule has 2 aromatic rings. The molecule has 0 atom stereocenters. The number of ketones is 1. The van der Waals surface area contributed by atoms with Crippen LogP contribution < -0.4 is 14.2 Å². The van der Waals surface area contributed by atoms with E-state index in [2.05, 4.69) is 0 Å². The molecule has 0 N–H and O–H groups in total. The molecular formula is C26H30O6. The van der Waals surface area contributed by atoms with Gasteiger partial charge in [0.05, 0.1) is 19.6 Å². The molecule has 0 amide bonds. The minimum Gasteiger partial charge on any atom is -0.493 e. The summed E-state index contributed by atoms with van der Waals surface area (Å²) in [5.41, 5.74) is 2.66. The Morgan fingerprint density at radius 2 is 1.72 bits per heavy atom. The third-order valence-electron chi connectivity index (χ3n) is 6.32. The molecule has 0 radical (unpaired) electrons. The Balaban J connectivity index is 1.69. The van der Waals surface area contributed by atoms with Crippen molar-refractivity contribution in [3.05, 3.63) is 41.5 Å². The maximum absolute atomic E-state index is 12.7. The predicted octanol–water partition coefficient (Wildman–Crippen LogP) is 5.00. The maximum atomic E-state index is 12.7. The summed E-state index contributed by atoms with van der Waals surface area (Å²) in [6, 6.07) is 9.48. The molecule has 2 aromatic carbocycles. The normalized spacial score (nSPS) is 15.7. The van der Waals surface area contributed by atoms with Crippen LogP contribution >= 0.6 is 0 Å². The number of rotatable bonds is 8. The number of carbonyl (C=O) groups is 2. The maximum Gasteiger partial charge on any atom is 0.315 e. The van der Waals surface area contributed by atoms with Gasteiger partial charge < -0.3 is 18.9 Å². The zero-order valence-corrected chi connectivity index (χ0v) is 19.2. The van der Waals surface area contributed by atoms with Crippen molar-refractivity contribution >= 4 is 11.8 Å². The van der Waals surface area contributed by atoms with E-state index in [1.807, 2.05) is 44.2 Å². The van der Waals surface area contributed by atoms with Gasteiger partial charge in [0, 0.05) is 17.5 Å². The lowest BCUT2D eigenvalue weighted by atomic mass is 9.92. The first kappa shape index (κ1) is 22.2. The highest BCUT2D eigenvalue weighted by molar-refractivity contribution is 6.02. The van der Waals surface area contributed by atoms with Crippen LogP contribution in [-0.2, 0) is 16.0 Å². The highest BCUT2D eigenvalue weighted by Gasteiger charge is 2.35. The molecule has 0 aliphatic heterocycles. The third kappa shape index (κ3) is 4.06. The molecule has 0 spiro atoms. The van der Waals surface area contributed by atoms with E-state index in [9.17, 15) is 9.59 Å². The number of ether oxygens (including phenoxy) is 4. The van der Waals surface area contributed by atoms with Crippen molar-refractivity contribution < 1.29 is 28.5 Å². The molecule has 0 bridgehead atoms. The van der Waals surface area contributed by atoms with Gasteiger partial charge in [0.15, 0.2) is 17.3 Å². The monoisotopic (exact) mass is 438 g/mol. The Kier molecular flexibility index (Phi) is 6.13. The molecule has 32 heavy (non-hydrogen) atoms. The highest BCUT2D eigenvalue weighted by Crippen LogP contribution is 2.47. The Morgan fingerprint density at radius 1 is 0.969 bits per heavy atom. The average molecular weight is 439 g/mol. The Bertz CT molecular complexity index is 1030. The van der Waals surface area contributed by atoms with E-state index in [4.69, 9.17) is 18.9 Å². The fourth-order valence-corrected chi connectivity index (χ4v) is 4.11. The van der Waals surface area contributed by atoms with E-state index in [-0.39, 0.29) is 24.5 Å². The van der Waals surface area contributed by atoms with Crippen LogP contribution in [0.15, 0.2) is 30.3 Å². The second kappa shape index (κ2) is 8.85. The molecule has 4 rings (SSSR count). The quantitative estimate of drug-likeness (QED) is 0.540. The SMILES string of the molecule is COc1ccc(-c2cccc3c2CCC3=O)c(OCC(C)(C)C(=O)OC2CCC2)c1OC. The number of benzene rings is 2. The third-order valence-corrected chi connectivity index (χ3v) is 6.32. The molecule has 2 aliphatic rings. The van der Waals surface area contributed by atoms with Crippen LogP contribution in [-0.4, -0.2) is 38.7 Å². The minimum atomic E-state index is -0.838. The fraction of sp³-hybridized carbons (Fsp3) is 0.462. The Morgan fingerprint density at radius 3 is 2.38 bits per heavy atom. The molecule has 2 aliphatic carbocycles. The zero-order valence-electron chi connectivity index (χ0n) is 19.2. The topological polar surface area (TPSA) is 71.1 Å². The van der Waals surface area contributed by atoms with Crippen LogP contribution in [0.25, 0.3) is 11.1 Å². The summed E-state index contributed by atoms with van der Waals surface area (Å²) < 4.78 is 23.0. The van der Waals surface area contributed by atoms with Crippen LogP contribution in [0.5, 0.6) is 17.2 Å². The molecule has 0 heterocycles. The van der Waals surface area contributed by atoms with Crippen LogP contribution in [0.1, 0.15) is 55.5 Å². The summed E-state index contributed by atoms with van der Waals surface area (Å²) in [5, 5.41) is 0. The van der Waals surface area contributed by atoms with E-state index in [0.717, 1.165) is 41.5 Å². The lowest BCUT2D eigenvalue weighted by Gasteiger charge is -2.30. The van der Waals surface area contributed by atoms with Crippen molar-refractivity contribution in [1.29, 1.82) is 0 Å². The van der Waals surface area contributed by atoms with Gasteiger partial charge in [-0.2, -0.15) is 0 Å². The van der Waals surface area contributed by atoms with Gasteiger partial charge in [0.2, 0.25) is 5.75 Å². The van der Waals surface area contributed by atoms with Crippen molar-refractivity contribution in [2.75, 3.05) is 20.8 Å². The molecule has 0 unspecified atom stereocenters. The first-order chi connectivity index (χ1) is 15.4. The molecule has 1 fully saturated rings. The van der Waals surface area contributed by atoms with Gasteiger partial charge in [-0.1, -0.05) is 18.2 Å². The first-order valence-electron chi connectivity index (χ1n) is 11.1. The van der Waals surface area contributed by atoms with Crippen molar-refractivity contribution in [2.24, 2.45) is 5.41 Å². The molecule has 170 valence electrons.